The molecule has 4 nitrogen and oxygen atoms in total. The van der Waals surface area contributed by atoms with E-state index in [0.29, 0.717) is 8.91 Å². The van der Waals surface area contributed by atoms with Crippen molar-refractivity contribution in [1.29, 1.82) is 0 Å². The highest BCUT2D eigenvalue weighted by atomic mass is 32.2. The van der Waals surface area contributed by atoms with E-state index in [1.807, 2.05) is 0 Å². The number of fused-ring (bicyclic) bond motifs is 1. The summed E-state index contributed by atoms with van der Waals surface area (Å²) in [6, 6.07) is 4.68. The zero-order valence-electron chi connectivity index (χ0n) is 6.80. The predicted molar refractivity (Wildman–Crippen MR) is 57.4 cm³/mol. The van der Waals surface area contributed by atoms with Gasteiger partial charge < -0.3 is 5.11 Å². The fraction of sp³-hybridized carbons (Fsp3) is 0. The number of phenolic OH excluding ortho intramolecular Hbond substituents is 1. The zero-order chi connectivity index (χ0) is 10.3. The first kappa shape index (κ1) is 9.29. The van der Waals surface area contributed by atoms with E-state index in [2.05, 4.69) is 12.6 Å². The number of thiol groups is 1. The van der Waals surface area contributed by atoms with Gasteiger partial charge in [0.1, 0.15) is 4.70 Å². The molecule has 0 saturated carbocycles. The van der Waals surface area contributed by atoms with Crippen molar-refractivity contribution >= 4 is 39.7 Å². The second-order valence-electron chi connectivity index (χ2n) is 2.69. The average Bonchev–Trinajstić information content (AvgIpc) is 2.43. The van der Waals surface area contributed by atoms with Crippen molar-refractivity contribution in [3.8, 4) is 5.75 Å². The van der Waals surface area contributed by atoms with Gasteiger partial charge in [-0.3, -0.25) is 10.1 Å². The van der Waals surface area contributed by atoms with E-state index >= 15 is 0 Å². The Balaban J connectivity index is 2.88. The molecule has 0 spiro atoms. The number of nitrogens with zero attached hydrogens (tertiary/aromatic N) is 1. The van der Waals surface area contributed by atoms with E-state index in [1.54, 1.807) is 12.1 Å². The van der Waals surface area contributed by atoms with Gasteiger partial charge in [-0.2, -0.15) is 0 Å². The highest BCUT2D eigenvalue weighted by Gasteiger charge is 2.19. The highest BCUT2D eigenvalue weighted by molar-refractivity contribution is 7.83. The molecule has 0 atom stereocenters. The van der Waals surface area contributed by atoms with Crippen LogP contribution in [-0.2, 0) is 0 Å². The molecule has 2 rings (SSSR count). The summed E-state index contributed by atoms with van der Waals surface area (Å²) < 4.78 is 1.15. The van der Waals surface area contributed by atoms with E-state index in [1.165, 1.54) is 17.4 Å². The van der Waals surface area contributed by atoms with Crippen molar-refractivity contribution in [2.75, 3.05) is 0 Å². The molecule has 0 amide bonds. The molecule has 14 heavy (non-hydrogen) atoms. The minimum Gasteiger partial charge on any atom is -0.502 e. The highest BCUT2D eigenvalue weighted by Crippen LogP contribution is 2.40. The molecule has 1 aromatic heterocycles. The van der Waals surface area contributed by atoms with Crippen LogP contribution >= 0.6 is 24.0 Å². The second-order valence-corrected chi connectivity index (χ2v) is 4.53. The van der Waals surface area contributed by atoms with E-state index in [0.717, 1.165) is 5.39 Å². The first-order valence-corrected chi connectivity index (χ1v) is 4.95. The standard InChI is InChI=1S/C8H5NO3S2/c10-5-2-1-4-3-6(13)14-8(4)7(5)9(11)12/h1-3,10,13H. The topological polar surface area (TPSA) is 63.4 Å². The van der Waals surface area contributed by atoms with Crippen LogP contribution in [0.15, 0.2) is 22.4 Å². The van der Waals surface area contributed by atoms with Gasteiger partial charge in [-0.1, -0.05) is 0 Å². The van der Waals surface area contributed by atoms with Crippen molar-refractivity contribution in [2.45, 2.75) is 4.21 Å². The predicted octanol–water partition coefficient (Wildman–Crippen LogP) is 2.80. The maximum absolute atomic E-state index is 10.7. The van der Waals surface area contributed by atoms with E-state index in [9.17, 15) is 15.2 Å². The Hall–Kier alpha value is -1.27. The van der Waals surface area contributed by atoms with Crippen LogP contribution in [0, 0.1) is 10.1 Å². The number of benzene rings is 1. The minimum atomic E-state index is -0.582. The van der Waals surface area contributed by atoms with Crippen LogP contribution in [0.2, 0.25) is 0 Å². The van der Waals surface area contributed by atoms with E-state index in [-0.39, 0.29) is 11.4 Å². The molecule has 0 bridgehead atoms. The van der Waals surface area contributed by atoms with Gasteiger partial charge in [0.2, 0.25) is 0 Å². The van der Waals surface area contributed by atoms with Crippen LogP contribution in [0.25, 0.3) is 10.1 Å². The lowest BCUT2D eigenvalue weighted by Crippen LogP contribution is -1.87. The van der Waals surface area contributed by atoms with Gasteiger partial charge >= 0.3 is 5.69 Å². The van der Waals surface area contributed by atoms with Gasteiger partial charge in [0.25, 0.3) is 0 Å². The summed E-state index contributed by atoms with van der Waals surface area (Å²) in [5.41, 5.74) is -0.243. The maximum atomic E-state index is 10.7. The number of rotatable bonds is 1. The Labute approximate surface area is 88.4 Å². The van der Waals surface area contributed by atoms with Crippen LogP contribution in [0.3, 0.4) is 0 Å². The van der Waals surface area contributed by atoms with Crippen molar-refractivity contribution in [3.05, 3.63) is 28.3 Å². The summed E-state index contributed by atoms with van der Waals surface area (Å²) in [5, 5.41) is 20.7. The molecule has 0 saturated heterocycles. The molecular weight excluding hydrogens is 222 g/mol. The molecule has 0 aliphatic carbocycles. The normalized spacial score (nSPS) is 10.6. The van der Waals surface area contributed by atoms with Gasteiger partial charge in [0, 0.05) is 5.39 Å². The lowest BCUT2D eigenvalue weighted by molar-refractivity contribution is -0.383. The van der Waals surface area contributed by atoms with Crippen LogP contribution < -0.4 is 0 Å². The maximum Gasteiger partial charge on any atom is 0.328 e. The zero-order valence-corrected chi connectivity index (χ0v) is 8.51. The molecule has 0 aliphatic rings. The van der Waals surface area contributed by atoms with Gasteiger partial charge in [-0.05, 0) is 18.2 Å². The molecule has 1 aromatic carbocycles. The molecule has 72 valence electrons. The summed E-state index contributed by atoms with van der Waals surface area (Å²) in [5.74, 6) is -0.308. The number of hydrogen-bond acceptors (Lipinski definition) is 5. The molecule has 2 aromatic rings. The Morgan fingerprint density at radius 1 is 1.50 bits per heavy atom. The monoisotopic (exact) mass is 227 g/mol. The quantitative estimate of drug-likeness (QED) is 0.447. The van der Waals surface area contributed by atoms with Crippen molar-refractivity contribution in [2.24, 2.45) is 0 Å². The summed E-state index contributed by atoms with van der Waals surface area (Å²) in [6.45, 7) is 0. The average molecular weight is 227 g/mol. The van der Waals surface area contributed by atoms with Crippen molar-refractivity contribution in [1.82, 2.24) is 0 Å². The van der Waals surface area contributed by atoms with Crippen LogP contribution in [-0.4, -0.2) is 10.0 Å². The fourth-order valence-electron chi connectivity index (χ4n) is 1.24. The smallest absolute Gasteiger partial charge is 0.328 e. The summed E-state index contributed by atoms with van der Waals surface area (Å²) in [7, 11) is 0. The Morgan fingerprint density at radius 3 is 2.86 bits per heavy atom. The minimum absolute atomic E-state index is 0.243. The summed E-state index contributed by atoms with van der Waals surface area (Å²) >= 11 is 5.29. The van der Waals surface area contributed by atoms with Crippen LogP contribution in [0.4, 0.5) is 5.69 Å². The van der Waals surface area contributed by atoms with Gasteiger partial charge in [0.15, 0.2) is 5.75 Å². The summed E-state index contributed by atoms with van der Waals surface area (Å²) in [6.07, 6.45) is 0. The first-order valence-electron chi connectivity index (χ1n) is 3.68. The molecule has 6 heteroatoms. The Morgan fingerprint density at radius 2 is 2.21 bits per heavy atom. The number of hydrogen-bond donors (Lipinski definition) is 2. The van der Waals surface area contributed by atoms with Crippen molar-refractivity contribution < 1.29 is 10.0 Å². The second kappa shape index (κ2) is 3.14. The molecule has 1 heterocycles. The molecular formula is C8H5NO3S2. The number of nitro groups is 1. The van der Waals surface area contributed by atoms with Crippen LogP contribution in [0.5, 0.6) is 5.75 Å². The van der Waals surface area contributed by atoms with Gasteiger partial charge in [-0.25, -0.2) is 0 Å². The lowest BCUT2D eigenvalue weighted by Gasteiger charge is -1.95. The Bertz CT molecular complexity index is 521. The van der Waals surface area contributed by atoms with Gasteiger partial charge in [0.05, 0.1) is 9.13 Å². The van der Waals surface area contributed by atoms with Crippen LogP contribution in [0.1, 0.15) is 0 Å². The number of phenols is 1. The SMILES string of the molecule is O=[N+]([O-])c1c(O)ccc2cc(S)sc12. The number of aromatic hydroxyl groups is 1. The fourth-order valence-corrected chi connectivity index (χ4v) is 2.57. The number of thiophene rings is 1. The first-order chi connectivity index (χ1) is 6.59. The third-order valence-corrected chi connectivity index (χ3v) is 3.17. The van der Waals surface area contributed by atoms with E-state index in [4.69, 9.17) is 0 Å². The largest absolute Gasteiger partial charge is 0.502 e. The number of nitro benzene ring substituents is 1. The Kier molecular flexibility index (Phi) is 2.09. The molecule has 0 unspecified atom stereocenters. The lowest BCUT2D eigenvalue weighted by atomic mass is 10.2. The molecule has 0 aliphatic heterocycles. The third kappa shape index (κ3) is 1.32. The van der Waals surface area contributed by atoms with E-state index < -0.39 is 4.92 Å². The molecule has 1 N–H and O–H groups in total. The van der Waals surface area contributed by atoms with Crippen molar-refractivity contribution in [3.63, 3.8) is 0 Å². The van der Waals surface area contributed by atoms with Gasteiger partial charge in [-0.15, -0.1) is 24.0 Å². The molecule has 0 radical (unpaired) electrons. The molecule has 0 fully saturated rings. The third-order valence-electron chi connectivity index (χ3n) is 1.81. The summed E-state index contributed by atoms with van der Waals surface area (Å²) in [4.78, 5) is 10.1.